The molecule has 1 unspecified atom stereocenters. The van der Waals surface area contributed by atoms with E-state index in [0.717, 1.165) is 5.56 Å². The van der Waals surface area contributed by atoms with Gasteiger partial charge in [0.1, 0.15) is 23.3 Å². The molecule has 1 fully saturated rings. The minimum absolute atomic E-state index is 0.00768. The van der Waals surface area contributed by atoms with Gasteiger partial charge in [-0.05, 0) is 68.8 Å². The molecule has 1 amide bonds. The van der Waals surface area contributed by atoms with Crippen molar-refractivity contribution in [2.24, 2.45) is 0 Å². The lowest BCUT2D eigenvalue weighted by Crippen LogP contribution is -2.29. The zero-order chi connectivity index (χ0) is 22.1. The lowest BCUT2D eigenvalue weighted by Gasteiger charge is -2.23. The standard InChI is InChI=1S/C25H23NO5/c1-15(2)31-19-12-11-17(14-16(19)3)23(27)21-22(20-10-7-13-30-20)26(25(29)24(21)28)18-8-5-4-6-9-18/h4-15,22,27H,1-3H3/b23-21-. The molecule has 0 saturated carbocycles. The number of hydrogen-bond acceptors (Lipinski definition) is 5. The van der Waals surface area contributed by atoms with Gasteiger partial charge in [-0.1, -0.05) is 18.2 Å². The average molecular weight is 417 g/mol. The second-order valence-corrected chi connectivity index (χ2v) is 7.67. The van der Waals surface area contributed by atoms with Crippen molar-refractivity contribution >= 4 is 23.1 Å². The van der Waals surface area contributed by atoms with Crippen LogP contribution >= 0.6 is 0 Å². The fraction of sp³-hybridized carbons (Fsp3) is 0.200. The van der Waals surface area contributed by atoms with Gasteiger partial charge in [-0.15, -0.1) is 0 Å². The predicted molar refractivity (Wildman–Crippen MR) is 117 cm³/mol. The quantitative estimate of drug-likeness (QED) is 0.359. The lowest BCUT2D eigenvalue weighted by atomic mass is 9.98. The number of aliphatic hydroxyl groups excluding tert-OH is 1. The van der Waals surface area contributed by atoms with Crippen LogP contribution in [0.1, 0.15) is 36.8 Å². The van der Waals surface area contributed by atoms with Crippen LogP contribution in [0.25, 0.3) is 5.76 Å². The number of anilines is 1. The van der Waals surface area contributed by atoms with Gasteiger partial charge in [-0.3, -0.25) is 14.5 Å². The van der Waals surface area contributed by atoms with Crippen LogP contribution in [-0.4, -0.2) is 22.9 Å². The molecule has 1 saturated heterocycles. The van der Waals surface area contributed by atoms with Crippen molar-refractivity contribution in [1.29, 1.82) is 0 Å². The molecule has 0 aliphatic carbocycles. The number of carbonyl (C=O) groups excluding carboxylic acids is 2. The molecule has 1 aromatic heterocycles. The molecule has 158 valence electrons. The molecule has 0 spiro atoms. The van der Waals surface area contributed by atoms with Gasteiger partial charge in [0.25, 0.3) is 11.7 Å². The molecule has 2 heterocycles. The van der Waals surface area contributed by atoms with Crippen molar-refractivity contribution in [3.05, 3.63) is 89.4 Å². The monoisotopic (exact) mass is 417 g/mol. The Labute approximate surface area is 180 Å². The van der Waals surface area contributed by atoms with Crippen molar-refractivity contribution in [1.82, 2.24) is 0 Å². The average Bonchev–Trinajstić information content (AvgIpc) is 3.36. The van der Waals surface area contributed by atoms with E-state index in [2.05, 4.69) is 0 Å². The van der Waals surface area contributed by atoms with E-state index >= 15 is 0 Å². The van der Waals surface area contributed by atoms with E-state index < -0.39 is 17.7 Å². The van der Waals surface area contributed by atoms with Crippen LogP contribution in [0.15, 0.2) is 76.9 Å². The molecule has 1 atom stereocenters. The highest BCUT2D eigenvalue weighted by molar-refractivity contribution is 6.51. The van der Waals surface area contributed by atoms with Crippen LogP contribution in [-0.2, 0) is 9.59 Å². The summed E-state index contributed by atoms with van der Waals surface area (Å²) in [6.45, 7) is 5.73. The predicted octanol–water partition coefficient (Wildman–Crippen LogP) is 5.00. The molecule has 0 bridgehead atoms. The maximum atomic E-state index is 13.0. The highest BCUT2D eigenvalue weighted by atomic mass is 16.5. The summed E-state index contributed by atoms with van der Waals surface area (Å²) in [6, 6.07) is 16.5. The highest BCUT2D eigenvalue weighted by Crippen LogP contribution is 2.42. The fourth-order valence-corrected chi connectivity index (χ4v) is 3.74. The SMILES string of the molecule is Cc1cc(/C(O)=C2/C(=O)C(=O)N(c3ccccc3)C2c2ccco2)ccc1OC(C)C. The molecule has 4 rings (SSSR count). The summed E-state index contributed by atoms with van der Waals surface area (Å²) in [5.74, 6) is -0.647. The smallest absolute Gasteiger partial charge is 0.300 e. The Morgan fingerprint density at radius 1 is 1.06 bits per heavy atom. The molecule has 2 aromatic carbocycles. The number of Topliss-reactive ketones (excluding diaryl/α,β-unsaturated/α-hetero) is 1. The molecule has 31 heavy (non-hydrogen) atoms. The van der Waals surface area contributed by atoms with Gasteiger partial charge in [-0.2, -0.15) is 0 Å². The number of amides is 1. The third-order valence-electron chi connectivity index (χ3n) is 5.10. The lowest BCUT2D eigenvalue weighted by molar-refractivity contribution is -0.132. The minimum atomic E-state index is -0.871. The van der Waals surface area contributed by atoms with Crippen LogP contribution in [0.3, 0.4) is 0 Å². The number of aliphatic hydroxyl groups is 1. The van der Waals surface area contributed by atoms with E-state index in [9.17, 15) is 14.7 Å². The maximum Gasteiger partial charge on any atom is 0.300 e. The molecule has 6 heteroatoms. The van der Waals surface area contributed by atoms with Gasteiger partial charge < -0.3 is 14.3 Å². The van der Waals surface area contributed by atoms with Gasteiger partial charge >= 0.3 is 0 Å². The van der Waals surface area contributed by atoms with Gasteiger partial charge in [0.2, 0.25) is 0 Å². The van der Waals surface area contributed by atoms with Crippen molar-refractivity contribution in [3.8, 4) is 5.75 Å². The first-order valence-electron chi connectivity index (χ1n) is 10.1. The number of furan rings is 1. The number of hydrogen-bond donors (Lipinski definition) is 1. The number of ether oxygens (including phenoxy) is 1. The second-order valence-electron chi connectivity index (χ2n) is 7.67. The summed E-state index contributed by atoms with van der Waals surface area (Å²) in [6.07, 6.45) is 1.48. The summed E-state index contributed by atoms with van der Waals surface area (Å²) in [4.78, 5) is 27.4. The number of carbonyl (C=O) groups is 2. The van der Waals surface area contributed by atoms with Crippen LogP contribution in [0.4, 0.5) is 5.69 Å². The van der Waals surface area contributed by atoms with Crippen molar-refractivity contribution < 1.29 is 23.8 Å². The first-order chi connectivity index (χ1) is 14.9. The van der Waals surface area contributed by atoms with Gasteiger partial charge in [0, 0.05) is 11.3 Å². The van der Waals surface area contributed by atoms with Crippen molar-refractivity contribution in [2.75, 3.05) is 4.90 Å². The Balaban J connectivity index is 1.85. The van der Waals surface area contributed by atoms with Crippen LogP contribution in [0.5, 0.6) is 5.75 Å². The summed E-state index contributed by atoms with van der Waals surface area (Å²) < 4.78 is 11.3. The topological polar surface area (TPSA) is 80.0 Å². The van der Waals surface area contributed by atoms with Gasteiger partial charge in [-0.25, -0.2) is 0 Å². The fourth-order valence-electron chi connectivity index (χ4n) is 3.74. The molecule has 1 N–H and O–H groups in total. The molecule has 6 nitrogen and oxygen atoms in total. The second kappa shape index (κ2) is 8.14. The Hall–Kier alpha value is -3.80. The number of benzene rings is 2. The zero-order valence-electron chi connectivity index (χ0n) is 17.5. The van der Waals surface area contributed by atoms with E-state index in [1.807, 2.05) is 26.8 Å². The maximum absolute atomic E-state index is 13.0. The number of nitrogens with zero attached hydrogens (tertiary/aromatic N) is 1. The van der Waals surface area contributed by atoms with E-state index in [0.29, 0.717) is 22.8 Å². The Morgan fingerprint density at radius 2 is 1.81 bits per heavy atom. The Morgan fingerprint density at radius 3 is 2.42 bits per heavy atom. The number of para-hydroxylation sites is 1. The molecule has 3 aromatic rings. The summed E-state index contributed by atoms with van der Waals surface area (Å²) >= 11 is 0. The number of rotatable bonds is 5. The number of aryl methyl sites for hydroxylation is 1. The van der Waals surface area contributed by atoms with E-state index in [1.165, 1.54) is 11.2 Å². The van der Waals surface area contributed by atoms with Gasteiger partial charge in [0.05, 0.1) is 17.9 Å². The van der Waals surface area contributed by atoms with Crippen LogP contribution < -0.4 is 9.64 Å². The minimum Gasteiger partial charge on any atom is -0.507 e. The molecular formula is C25H23NO5. The molecule has 1 aliphatic rings. The third-order valence-corrected chi connectivity index (χ3v) is 5.10. The molecular weight excluding hydrogens is 394 g/mol. The van der Waals surface area contributed by atoms with Crippen LogP contribution in [0.2, 0.25) is 0 Å². The van der Waals surface area contributed by atoms with E-state index in [1.54, 1.807) is 54.6 Å². The first kappa shape index (κ1) is 20.5. The Bertz CT molecular complexity index is 1150. The molecule has 1 aliphatic heterocycles. The Kier molecular flexibility index (Phi) is 5.38. The third kappa shape index (κ3) is 3.72. The summed E-state index contributed by atoms with van der Waals surface area (Å²) in [5, 5.41) is 11.1. The number of ketones is 1. The highest BCUT2D eigenvalue weighted by Gasteiger charge is 2.48. The van der Waals surface area contributed by atoms with Gasteiger partial charge in [0.15, 0.2) is 0 Å². The summed E-state index contributed by atoms with van der Waals surface area (Å²) in [5.41, 5.74) is 1.77. The molecule has 0 radical (unpaired) electrons. The first-order valence-corrected chi connectivity index (χ1v) is 10.1. The largest absolute Gasteiger partial charge is 0.507 e. The van der Waals surface area contributed by atoms with Crippen molar-refractivity contribution in [3.63, 3.8) is 0 Å². The van der Waals surface area contributed by atoms with Crippen molar-refractivity contribution in [2.45, 2.75) is 32.9 Å². The van der Waals surface area contributed by atoms with E-state index in [4.69, 9.17) is 9.15 Å². The summed E-state index contributed by atoms with van der Waals surface area (Å²) in [7, 11) is 0. The zero-order valence-corrected chi connectivity index (χ0v) is 17.5. The normalized spacial score (nSPS) is 18.1. The van der Waals surface area contributed by atoms with Crippen LogP contribution in [0, 0.1) is 6.92 Å². The van der Waals surface area contributed by atoms with E-state index in [-0.39, 0.29) is 17.4 Å².